The molecule has 0 aliphatic carbocycles. The Morgan fingerprint density at radius 2 is 0.588 bits per heavy atom. The van der Waals surface area contributed by atoms with E-state index in [1.165, 1.54) is 0 Å². The maximum atomic E-state index is 6.00. The first-order valence-corrected chi connectivity index (χ1v) is 38.8. The van der Waals surface area contributed by atoms with Gasteiger partial charge in [0.25, 0.3) is 0 Å². The van der Waals surface area contributed by atoms with Crippen LogP contribution in [0.4, 0.5) is 0 Å². The van der Waals surface area contributed by atoms with Gasteiger partial charge in [0.2, 0.25) is 0 Å². The van der Waals surface area contributed by atoms with Gasteiger partial charge in [-0.05, 0) is 0 Å². The maximum absolute atomic E-state index is 6.00. The fourth-order valence-corrected chi connectivity index (χ4v) is 0. The third-order valence-electron chi connectivity index (χ3n) is 0. The van der Waals surface area contributed by atoms with Crippen molar-refractivity contribution in [1.29, 1.82) is 0 Å². The van der Waals surface area contributed by atoms with Crippen molar-refractivity contribution >= 4 is 149 Å². The van der Waals surface area contributed by atoms with Crippen molar-refractivity contribution < 1.29 is 90.5 Å². The van der Waals surface area contributed by atoms with Crippen molar-refractivity contribution in [1.82, 2.24) is 0 Å². The number of hydrogen-bond acceptors (Lipinski definition) is 2. The summed E-state index contributed by atoms with van der Waals surface area (Å²) in [6.45, 7) is 0. The Balaban J connectivity index is -0.00000000425. The molecule has 0 heterocycles. The second kappa shape index (κ2) is 122. The summed E-state index contributed by atoms with van der Waals surface area (Å²) in [5.41, 5.74) is 0. The molecule has 0 aromatic heterocycles. The van der Waals surface area contributed by atoms with Gasteiger partial charge >= 0.3 is 101 Å². The maximum Gasteiger partial charge on any atom is -0.255 e. The van der Waals surface area contributed by atoms with Crippen molar-refractivity contribution in [3.63, 3.8) is 0 Å². The van der Waals surface area contributed by atoms with Crippen LogP contribution in [0.5, 0.6) is 0 Å². The van der Waals surface area contributed by atoms with E-state index in [9.17, 15) is 0 Å². The van der Waals surface area contributed by atoms with E-state index < -0.39 is 0 Å². The molecule has 4 N–H and O–H groups in total. The molecule has 0 radical (unpaired) electrons. The molecule has 0 spiro atoms. The van der Waals surface area contributed by atoms with E-state index in [1.807, 2.05) is 0 Å². The fraction of sp³-hybridized carbons (Fsp3) is 1.00. The third kappa shape index (κ3) is 169. The molecule has 0 saturated carbocycles. The van der Waals surface area contributed by atoms with Gasteiger partial charge in [-0.15, -0.1) is 0 Å². The third-order valence-corrected chi connectivity index (χ3v) is 0. The molecule has 0 saturated heterocycles. The first-order chi connectivity index (χ1) is 5.83. The first-order valence-electron chi connectivity index (χ1n) is 1.06. The van der Waals surface area contributed by atoms with Crippen LogP contribution in [0.1, 0.15) is 14.9 Å². The van der Waals surface area contributed by atoms with E-state index >= 15 is 0 Å². The molecule has 17 heavy (non-hydrogen) atoms. The van der Waals surface area contributed by atoms with Gasteiger partial charge in [0.1, 0.15) is 0 Å². The van der Waals surface area contributed by atoms with Crippen LogP contribution in [0.25, 0.3) is 0 Å². The summed E-state index contributed by atoms with van der Waals surface area (Å²) in [6, 6.07) is 0. The smallest absolute Gasteiger partial charge is 0.255 e. The van der Waals surface area contributed by atoms with Crippen molar-refractivity contribution in [2.24, 2.45) is 0 Å². The molecule has 0 atom stereocenters. The standard InChI is InChI=1S/2CH4.2I3.2I2.2HI.H2O2.H2O/c;;2*1-3-2;2*1-2;;;1-2;/h2*1H4;;;;;2*1H;1-2H;1H2/q;;2*-1;;;;;;/p-2. The van der Waals surface area contributed by atoms with Gasteiger partial charge in [-0.1, -0.05) is 14.9 Å². The van der Waals surface area contributed by atoms with Crippen LogP contribution in [0, 0.1) is 0 Å². The zero-order valence-corrected chi connectivity index (χ0v) is 31.8. The minimum Gasteiger partial charge on any atom is -1.00 e. The van der Waals surface area contributed by atoms with Crippen molar-refractivity contribution in [3.05, 3.63) is 0 Å². The fourth-order valence-electron chi connectivity index (χ4n) is 0. The quantitative estimate of drug-likeness (QED) is 0.146. The molecule has 3 nitrogen and oxygen atoms in total. The van der Waals surface area contributed by atoms with E-state index in [4.69, 9.17) is 10.5 Å². The topological polar surface area (TPSA) is 72.0 Å². The molecule has 15 heteroatoms. The van der Waals surface area contributed by atoms with Crippen LogP contribution < -0.4 is 74.5 Å². The average Bonchev–Trinajstić information content (AvgIpc) is 2.16. The summed E-state index contributed by atoms with van der Waals surface area (Å²) in [7, 11) is 0. The molecule has 0 aromatic rings. The van der Waals surface area contributed by atoms with Crippen LogP contribution in [0.3, 0.4) is 0 Å². The van der Waals surface area contributed by atoms with Crippen LogP contribution in [-0.4, -0.2) is 16.0 Å². The van der Waals surface area contributed by atoms with E-state index in [-0.39, 0.29) is 68.3 Å². The Bertz CT molecular complexity index is 21.7. The van der Waals surface area contributed by atoms with Crippen LogP contribution in [0.2, 0.25) is 0 Å². The Kier molecular flexibility index (Phi) is 455. The minimum absolute atomic E-state index is 0. The Morgan fingerprint density at radius 3 is 0.588 bits per heavy atom. The van der Waals surface area contributed by atoms with Crippen molar-refractivity contribution in [2.45, 2.75) is 14.9 Å². The molecular formula is C2H12I12O3-4. The van der Waals surface area contributed by atoms with Crippen molar-refractivity contribution in [2.75, 3.05) is 0 Å². The molecule has 0 rings (SSSR count). The second-order valence-electron chi connectivity index (χ2n) is 0.108. The largest absolute Gasteiger partial charge is 1.00 e. The van der Waals surface area contributed by atoms with E-state index in [1.54, 1.807) is 0 Å². The number of rotatable bonds is 0. The van der Waals surface area contributed by atoms with Gasteiger partial charge in [-0.25, -0.2) is 0 Å². The van der Waals surface area contributed by atoms with Gasteiger partial charge < -0.3 is 53.4 Å². The van der Waals surface area contributed by atoms with E-state index in [2.05, 4.69) is 149 Å². The summed E-state index contributed by atoms with van der Waals surface area (Å²) >= 11 is 19.1. The molecule has 0 bridgehead atoms. The van der Waals surface area contributed by atoms with Gasteiger partial charge in [0.15, 0.2) is 0 Å². The minimum atomic E-state index is 0. The van der Waals surface area contributed by atoms with Gasteiger partial charge in [-0.2, -0.15) is 0 Å². The van der Waals surface area contributed by atoms with E-state index in [0.717, 1.165) is 0 Å². The summed E-state index contributed by atoms with van der Waals surface area (Å²) in [6.07, 6.45) is 0. The normalized spacial score (nSPS) is 3.65. The second-order valence-corrected chi connectivity index (χ2v) is 32.6. The predicted octanol–water partition coefficient (Wildman–Crippen LogP) is -4.43. The summed E-state index contributed by atoms with van der Waals surface area (Å²) in [5.74, 6) is 0. The molecule has 0 fully saturated rings. The van der Waals surface area contributed by atoms with Gasteiger partial charge in [0.05, 0.1) is 0 Å². The molecule has 0 aliphatic heterocycles. The Labute approximate surface area is 246 Å². The number of hydrogen-bond donors (Lipinski definition) is 2. The average molecular weight is 1610 g/mol. The Hall–Kier alpha value is 8.64. The van der Waals surface area contributed by atoms with Crippen LogP contribution in [-0.2, 0) is 0 Å². The summed E-state index contributed by atoms with van der Waals surface area (Å²) in [5, 5.41) is 12.0. The number of halogens is 12. The van der Waals surface area contributed by atoms with Crippen LogP contribution >= 0.6 is 149 Å². The monoisotopic (exact) mass is 1610 g/mol. The zero-order valence-electron chi connectivity index (χ0n) is 5.93. The van der Waals surface area contributed by atoms with Gasteiger partial charge in [0, 0.05) is 74.5 Å². The summed E-state index contributed by atoms with van der Waals surface area (Å²) < 4.78 is 0. The van der Waals surface area contributed by atoms with Crippen molar-refractivity contribution in [3.8, 4) is 0 Å². The molecule has 126 valence electrons. The van der Waals surface area contributed by atoms with Crippen LogP contribution in [0.15, 0.2) is 0 Å². The molecule has 0 unspecified atom stereocenters. The van der Waals surface area contributed by atoms with E-state index in [0.29, 0.717) is 26.5 Å². The predicted molar refractivity (Wildman–Crippen MR) is 134 cm³/mol. The zero-order chi connectivity index (χ0) is 11.4. The molecule has 0 aliphatic rings. The molecule has 0 amide bonds. The molecular weight excluding hydrogens is 1590 g/mol. The Morgan fingerprint density at radius 1 is 0.588 bits per heavy atom. The first kappa shape index (κ1) is 63.6. The SMILES string of the molecule is C.C.II.II.I[I-]I.I[I-]I.O.OO.[I-].[I-]. The molecule has 0 aromatic carbocycles. The summed E-state index contributed by atoms with van der Waals surface area (Å²) in [4.78, 5) is 0. The van der Waals surface area contributed by atoms with Gasteiger partial charge in [-0.3, -0.25) is 10.5 Å².